The lowest BCUT2D eigenvalue weighted by Crippen LogP contribution is -2.53. The van der Waals surface area contributed by atoms with E-state index in [4.69, 9.17) is 5.73 Å². The lowest BCUT2D eigenvalue weighted by atomic mass is 9.96. The van der Waals surface area contributed by atoms with Gasteiger partial charge in [-0.1, -0.05) is 30.3 Å². The van der Waals surface area contributed by atoms with Gasteiger partial charge in [-0.3, -0.25) is 0 Å². The second-order valence-electron chi connectivity index (χ2n) is 5.19. The van der Waals surface area contributed by atoms with Crippen LogP contribution in [0.4, 0.5) is 0 Å². The highest BCUT2D eigenvalue weighted by atomic mass is 16.3. The zero-order chi connectivity index (χ0) is 13.7. The summed E-state index contributed by atoms with van der Waals surface area (Å²) >= 11 is 0. The highest BCUT2D eigenvalue weighted by Crippen LogP contribution is 2.13. The summed E-state index contributed by atoms with van der Waals surface area (Å²) in [5, 5.41) is 16.5. The van der Waals surface area contributed by atoms with Gasteiger partial charge in [0.25, 0.3) is 0 Å². The van der Waals surface area contributed by atoms with Crippen molar-refractivity contribution in [3.8, 4) is 0 Å². The number of nitrogens with two attached hydrogens (primary N) is 1. The molecule has 1 fully saturated rings. The maximum Gasteiger partial charge on any atom is 0.0711 e. The Morgan fingerprint density at radius 1 is 1.42 bits per heavy atom. The molecule has 2 rings (SSSR count). The lowest BCUT2D eigenvalue weighted by Gasteiger charge is -2.33. The first-order valence-electron chi connectivity index (χ1n) is 6.85. The third-order valence-electron chi connectivity index (χ3n) is 3.56. The van der Waals surface area contributed by atoms with Gasteiger partial charge in [0.1, 0.15) is 0 Å². The fraction of sp³-hybridized carbons (Fsp3) is 0.467. The zero-order valence-electron chi connectivity index (χ0n) is 11.3. The van der Waals surface area contributed by atoms with Gasteiger partial charge >= 0.3 is 0 Å². The van der Waals surface area contributed by atoms with Crippen molar-refractivity contribution in [2.45, 2.75) is 38.0 Å². The van der Waals surface area contributed by atoms with E-state index < -0.39 is 0 Å². The van der Waals surface area contributed by atoms with Crippen LogP contribution in [0.15, 0.2) is 36.5 Å². The molecule has 1 aliphatic heterocycles. The molecule has 0 spiro atoms. The largest absolute Gasteiger partial charge is 0.397 e. The first-order valence-corrected chi connectivity index (χ1v) is 6.85. The predicted molar refractivity (Wildman–Crippen MR) is 78.2 cm³/mol. The molecule has 4 heteroatoms. The van der Waals surface area contributed by atoms with Gasteiger partial charge in [0.2, 0.25) is 0 Å². The van der Waals surface area contributed by atoms with Crippen LogP contribution in [0.25, 0.3) is 5.70 Å². The van der Waals surface area contributed by atoms with Gasteiger partial charge in [-0.2, -0.15) is 0 Å². The Bertz CT molecular complexity index is 419. The van der Waals surface area contributed by atoms with Gasteiger partial charge in [-0.05, 0) is 25.3 Å². The molecular formula is C15H23N3O. The molecule has 104 valence electrons. The first kappa shape index (κ1) is 13.9. The van der Waals surface area contributed by atoms with E-state index in [2.05, 4.69) is 17.6 Å². The minimum atomic E-state index is -0.282. The second kappa shape index (κ2) is 6.59. The Hall–Kier alpha value is -1.52. The minimum absolute atomic E-state index is 0.0866. The van der Waals surface area contributed by atoms with Crippen LogP contribution >= 0.6 is 0 Å². The SMILES string of the molecule is C[C@H]1CC[C@H](O)[C@@H](CN/C=C(\N)c2ccccc2)N1. The maximum atomic E-state index is 9.91. The number of benzene rings is 1. The van der Waals surface area contributed by atoms with Crippen LogP contribution in [0.1, 0.15) is 25.3 Å². The van der Waals surface area contributed by atoms with E-state index in [9.17, 15) is 5.11 Å². The summed E-state index contributed by atoms with van der Waals surface area (Å²) < 4.78 is 0. The van der Waals surface area contributed by atoms with Gasteiger partial charge in [0.05, 0.1) is 17.8 Å². The number of aliphatic hydroxyl groups excluding tert-OH is 1. The molecule has 3 atom stereocenters. The van der Waals surface area contributed by atoms with Crippen molar-refractivity contribution < 1.29 is 5.11 Å². The van der Waals surface area contributed by atoms with E-state index in [-0.39, 0.29) is 12.1 Å². The molecule has 0 saturated carbocycles. The molecule has 0 radical (unpaired) electrons. The van der Waals surface area contributed by atoms with Crippen molar-refractivity contribution in [3.63, 3.8) is 0 Å². The molecule has 0 bridgehead atoms. The average Bonchev–Trinajstić information content (AvgIpc) is 2.43. The molecule has 0 amide bonds. The highest BCUT2D eigenvalue weighted by Gasteiger charge is 2.25. The van der Waals surface area contributed by atoms with Crippen molar-refractivity contribution in [3.05, 3.63) is 42.1 Å². The van der Waals surface area contributed by atoms with E-state index in [0.29, 0.717) is 18.3 Å². The smallest absolute Gasteiger partial charge is 0.0711 e. The second-order valence-corrected chi connectivity index (χ2v) is 5.19. The Kier molecular flexibility index (Phi) is 4.82. The Balaban J connectivity index is 1.85. The molecule has 0 aromatic heterocycles. The Labute approximate surface area is 114 Å². The Morgan fingerprint density at radius 2 is 2.16 bits per heavy atom. The van der Waals surface area contributed by atoms with Crippen LogP contribution in [0.2, 0.25) is 0 Å². The van der Waals surface area contributed by atoms with E-state index >= 15 is 0 Å². The molecule has 1 aromatic rings. The van der Waals surface area contributed by atoms with Crippen molar-refractivity contribution in [2.75, 3.05) is 6.54 Å². The van der Waals surface area contributed by atoms with Gasteiger partial charge in [-0.15, -0.1) is 0 Å². The molecule has 0 aliphatic carbocycles. The van der Waals surface area contributed by atoms with E-state index in [0.717, 1.165) is 18.4 Å². The third kappa shape index (κ3) is 3.98. The number of nitrogens with one attached hydrogen (secondary N) is 2. The summed E-state index contributed by atoms with van der Waals surface area (Å²) in [5.74, 6) is 0. The molecule has 5 N–H and O–H groups in total. The minimum Gasteiger partial charge on any atom is -0.397 e. The topological polar surface area (TPSA) is 70.3 Å². The van der Waals surface area contributed by atoms with Crippen molar-refractivity contribution >= 4 is 5.70 Å². The molecule has 19 heavy (non-hydrogen) atoms. The summed E-state index contributed by atoms with van der Waals surface area (Å²) in [7, 11) is 0. The number of rotatable bonds is 4. The third-order valence-corrected chi connectivity index (χ3v) is 3.56. The summed E-state index contributed by atoms with van der Waals surface area (Å²) in [6.45, 7) is 2.83. The number of hydrogen-bond donors (Lipinski definition) is 4. The quantitative estimate of drug-likeness (QED) is 0.653. The monoisotopic (exact) mass is 261 g/mol. The van der Waals surface area contributed by atoms with Crippen molar-refractivity contribution in [1.29, 1.82) is 0 Å². The van der Waals surface area contributed by atoms with Gasteiger partial charge < -0.3 is 21.5 Å². The fourth-order valence-corrected chi connectivity index (χ4v) is 2.39. The normalized spacial score (nSPS) is 28.1. The fourth-order valence-electron chi connectivity index (χ4n) is 2.39. The molecule has 1 heterocycles. The molecule has 1 saturated heterocycles. The molecule has 1 aromatic carbocycles. The standard InChI is InChI=1S/C15H23N3O/c1-11-7-8-15(19)14(18-11)10-17-9-13(16)12-5-3-2-4-6-12/h2-6,9,11,14-15,17-19H,7-8,10,16H2,1H3/b13-9-/t11-,14+,15-/m0/s1. The first-order chi connectivity index (χ1) is 9.16. The van der Waals surface area contributed by atoms with Crippen LogP contribution in [0.5, 0.6) is 0 Å². The average molecular weight is 261 g/mol. The summed E-state index contributed by atoms with van der Waals surface area (Å²) in [5.41, 5.74) is 7.70. The van der Waals surface area contributed by atoms with Gasteiger partial charge in [0.15, 0.2) is 0 Å². The van der Waals surface area contributed by atoms with Crippen molar-refractivity contribution in [2.24, 2.45) is 5.73 Å². The van der Waals surface area contributed by atoms with Crippen LogP contribution in [-0.4, -0.2) is 29.8 Å². The van der Waals surface area contributed by atoms with Gasteiger partial charge in [-0.25, -0.2) is 0 Å². The summed E-state index contributed by atoms with van der Waals surface area (Å²) in [6, 6.07) is 10.4. The summed E-state index contributed by atoms with van der Waals surface area (Å²) in [6.07, 6.45) is 3.41. The summed E-state index contributed by atoms with van der Waals surface area (Å²) in [4.78, 5) is 0. The van der Waals surface area contributed by atoms with Gasteiger partial charge in [0, 0.05) is 18.8 Å². The number of hydrogen-bond acceptors (Lipinski definition) is 4. The predicted octanol–water partition coefficient (Wildman–Crippen LogP) is 1.03. The molecule has 0 unspecified atom stereocenters. The molecule has 1 aliphatic rings. The number of piperidine rings is 1. The van der Waals surface area contributed by atoms with E-state index in [1.807, 2.05) is 36.5 Å². The van der Waals surface area contributed by atoms with Crippen LogP contribution in [0.3, 0.4) is 0 Å². The zero-order valence-corrected chi connectivity index (χ0v) is 11.3. The maximum absolute atomic E-state index is 9.91. The van der Waals surface area contributed by atoms with Crippen LogP contribution < -0.4 is 16.4 Å². The van der Waals surface area contributed by atoms with Crippen LogP contribution in [0, 0.1) is 0 Å². The Morgan fingerprint density at radius 3 is 2.89 bits per heavy atom. The number of aliphatic hydroxyl groups is 1. The molecular weight excluding hydrogens is 238 g/mol. The van der Waals surface area contributed by atoms with Crippen molar-refractivity contribution in [1.82, 2.24) is 10.6 Å². The highest BCUT2D eigenvalue weighted by molar-refractivity contribution is 5.61. The van der Waals surface area contributed by atoms with Crippen LogP contribution in [-0.2, 0) is 0 Å². The van der Waals surface area contributed by atoms with E-state index in [1.165, 1.54) is 0 Å². The lowest BCUT2D eigenvalue weighted by molar-refractivity contribution is 0.0835. The molecule has 4 nitrogen and oxygen atoms in total. The van der Waals surface area contributed by atoms with E-state index in [1.54, 1.807) is 0 Å².